The number of benzene rings is 2. The van der Waals surface area contributed by atoms with Gasteiger partial charge in [-0.1, -0.05) is 48.0 Å². The predicted octanol–water partition coefficient (Wildman–Crippen LogP) is 2.79. The van der Waals surface area contributed by atoms with Gasteiger partial charge in [0.15, 0.2) is 0 Å². The third-order valence-electron chi connectivity index (χ3n) is 3.74. The molecule has 120 valence electrons. The van der Waals surface area contributed by atoms with Gasteiger partial charge in [0.05, 0.1) is 16.4 Å². The van der Waals surface area contributed by atoms with Crippen LogP contribution in [-0.2, 0) is 14.6 Å². The standard InChI is InChI=1S/C18H18O4S/c1-13-7-9-16(10-8-13)23(20,21)17(11-15-12-22-15)18(19)14-5-3-2-4-6-14/h2-11,15,18-19H,12H2,1H3/b17-11+/t15-,18-/m0/s1. The molecule has 0 saturated carbocycles. The first-order chi connectivity index (χ1) is 11.0. The molecule has 0 bridgehead atoms. The van der Waals surface area contributed by atoms with Crippen LogP contribution in [0.1, 0.15) is 17.2 Å². The van der Waals surface area contributed by atoms with Crippen molar-refractivity contribution in [1.29, 1.82) is 0 Å². The van der Waals surface area contributed by atoms with Crippen LogP contribution >= 0.6 is 0 Å². The van der Waals surface area contributed by atoms with Crippen LogP contribution in [0.2, 0.25) is 0 Å². The Kier molecular flexibility index (Phi) is 4.35. The topological polar surface area (TPSA) is 66.9 Å². The molecule has 1 heterocycles. The highest BCUT2D eigenvalue weighted by Crippen LogP contribution is 2.32. The molecule has 0 aromatic heterocycles. The van der Waals surface area contributed by atoms with Gasteiger partial charge >= 0.3 is 0 Å². The number of ether oxygens (including phenoxy) is 1. The minimum Gasteiger partial charge on any atom is -0.383 e. The minimum atomic E-state index is -3.79. The van der Waals surface area contributed by atoms with Gasteiger partial charge in [-0.2, -0.15) is 0 Å². The highest BCUT2D eigenvalue weighted by Gasteiger charge is 2.32. The highest BCUT2D eigenvalue weighted by atomic mass is 32.2. The fourth-order valence-corrected chi connectivity index (χ4v) is 3.84. The number of sulfone groups is 1. The van der Waals surface area contributed by atoms with Gasteiger partial charge in [0.1, 0.15) is 12.2 Å². The summed E-state index contributed by atoms with van der Waals surface area (Å²) in [6.45, 7) is 2.37. The van der Waals surface area contributed by atoms with Crippen molar-refractivity contribution in [3.8, 4) is 0 Å². The molecule has 2 atom stereocenters. The molecule has 23 heavy (non-hydrogen) atoms. The van der Waals surface area contributed by atoms with E-state index < -0.39 is 15.9 Å². The van der Waals surface area contributed by atoms with Gasteiger partial charge in [-0.15, -0.1) is 0 Å². The van der Waals surface area contributed by atoms with Gasteiger partial charge < -0.3 is 9.84 Å². The summed E-state index contributed by atoms with van der Waals surface area (Å²) in [5, 5.41) is 10.6. The maximum atomic E-state index is 12.9. The summed E-state index contributed by atoms with van der Waals surface area (Å²) in [7, 11) is -3.79. The normalized spacial score (nSPS) is 19.4. The van der Waals surface area contributed by atoms with Gasteiger partial charge in [-0.05, 0) is 30.7 Å². The Morgan fingerprint density at radius 2 is 1.78 bits per heavy atom. The van der Waals surface area contributed by atoms with Crippen molar-refractivity contribution in [2.45, 2.75) is 24.0 Å². The van der Waals surface area contributed by atoms with Crippen molar-refractivity contribution < 1.29 is 18.3 Å². The summed E-state index contributed by atoms with van der Waals surface area (Å²) in [5.41, 5.74) is 1.51. The first-order valence-corrected chi connectivity index (χ1v) is 8.85. The quantitative estimate of drug-likeness (QED) is 0.856. The van der Waals surface area contributed by atoms with Crippen LogP contribution < -0.4 is 0 Å². The molecule has 0 radical (unpaired) electrons. The Bertz CT molecular complexity index is 804. The van der Waals surface area contributed by atoms with E-state index in [4.69, 9.17) is 4.74 Å². The second kappa shape index (κ2) is 6.28. The SMILES string of the molecule is Cc1ccc(S(=O)(=O)/C(=C/[C@H]2CO2)[C@@H](O)c2ccccc2)cc1. The second-order valence-electron chi connectivity index (χ2n) is 5.57. The lowest BCUT2D eigenvalue weighted by atomic mass is 10.1. The molecule has 2 aromatic carbocycles. The van der Waals surface area contributed by atoms with Crippen molar-refractivity contribution in [1.82, 2.24) is 0 Å². The molecule has 0 unspecified atom stereocenters. The van der Waals surface area contributed by atoms with E-state index in [9.17, 15) is 13.5 Å². The molecule has 4 nitrogen and oxygen atoms in total. The number of aryl methyl sites for hydroxylation is 1. The molecule has 0 amide bonds. The molecular formula is C18H18O4S. The Morgan fingerprint density at radius 3 is 2.35 bits per heavy atom. The number of aliphatic hydroxyl groups is 1. The van der Waals surface area contributed by atoms with E-state index in [1.807, 2.05) is 13.0 Å². The number of epoxide rings is 1. The molecule has 5 heteroatoms. The molecule has 0 spiro atoms. The average Bonchev–Trinajstić information content (AvgIpc) is 3.37. The Morgan fingerprint density at radius 1 is 1.17 bits per heavy atom. The molecule has 1 fully saturated rings. The van der Waals surface area contributed by atoms with E-state index in [1.165, 1.54) is 6.08 Å². The Labute approximate surface area is 136 Å². The lowest BCUT2D eigenvalue weighted by Crippen LogP contribution is -2.14. The molecule has 3 rings (SSSR count). The molecule has 1 saturated heterocycles. The minimum absolute atomic E-state index is 0.0324. The summed E-state index contributed by atoms with van der Waals surface area (Å²) in [6, 6.07) is 15.4. The summed E-state index contributed by atoms with van der Waals surface area (Å²) < 4.78 is 31.0. The summed E-state index contributed by atoms with van der Waals surface area (Å²) in [6.07, 6.45) is 0.0441. The molecule has 1 aliphatic heterocycles. The fourth-order valence-electron chi connectivity index (χ4n) is 2.32. The van der Waals surface area contributed by atoms with E-state index in [-0.39, 0.29) is 15.9 Å². The number of hydrogen-bond acceptors (Lipinski definition) is 4. The third-order valence-corrected chi connectivity index (χ3v) is 5.61. The molecule has 1 aliphatic rings. The van der Waals surface area contributed by atoms with Gasteiger partial charge in [-0.25, -0.2) is 8.42 Å². The molecule has 1 N–H and O–H groups in total. The first kappa shape index (κ1) is 15.9. The van der Waals surface area contributed by atoms with Crippen LogP contribution in [0.3, 0.4) is 0 Å². The van der Waals surface area contributed by atoms with Crippen molar-refractivity contribution in [3.05, 3.63) is 76.7 Å². The average molecular weight is 330 g/mol. The molecule has 2 aromatic rings. The highest BCUT2D eigenvalue weighted by molar-refractivity contribution is 7.95. The van der Waals surface area contributed by atoms with E-state index in [0.29, 0.717) is 12.2 Å². The van der Waals surface area contributed by atoms with Crippen LogP contribution in [0.25, 0.3) is 0 Å². The smallest absolute Gasteiger partial charge is 0.205 e. The van der Waals surface area contributed by atoms with Gasteiger partial charge in [0, 0.05) is 0 Å². The van der Waals surface area contributed by atoms with Crippen molar-refractivity contribution in [2.75, 3.05) is 6.61 Å². The van der Waals surface area contributed by atoms with Crippen molar-refractivity contribution in [2.24, 2.45) is 0 Å². The number of hydrogen-bond donors (Lipinski definition) is 1. The van der Waals surface area contributed by atoms with Gasteiger partial charge in [0.2, 0.25) is 9.84 Å². The van der Waals surface area contributed by atoms with Crippen molar-refractivity contribution >= 4 is 9.84 Å². The maximum absolute atomic E-state index is 12.9. The first-order valence-electron chi connectivity index (χ1n) is 7.36. The lowest BCUT2D eigenvalue weighted by Gasteiger charge is -2.16. The fraction of sp³-hybridized carbons (Fsp3) is 0.222. The summed E-state index contributed by atoms with van der Waals surface area (Å²) in [4.78, 5) is 0.139. The van der Waals surface area contributed by atoms with Gasteiger partial charge in [0.25, 0.3) is 0 Å². The monoisotopic (exact) mass is 330 g/mol. The van der Waals surface area contributed by atoms with Gasteiger partial charge in [-0.3, -0.25) is 0 Å². The zero-order valence-electron chi connectivity index (χ0n) is 12.7. The lowest BCUT2D eigenvalue weighted by molar-refractivity contribution is 0.222. The predicted molar refractivity (Wildman–Crippen MR) is 87.6 cm³/mol. The van der Waals surface area contributed by atoms with Crippen LogP contribution in [-0.4, -0.2) is 26.2 Å². The largest absolute Gasteiger partial charge is 0.383 e. The van der Waals surface area contributed by atoms with E-state index in [0.717, 1.165) is 5.56 Å². The second-order valence-corrected chi connectivity index (χ2v) is 7.52. The van der Waals surface area contributed by atoms with Crippen LogP contribution in [0, 0.1) is 6.92 Å². The zero-order chi connectivity index (χ0) is 16.4. The third kappa shape index (κ3) is 3.52. The number of aliphatic hydroxyl groups excluding tert-OH is 1. The molecule has 0 aliphatic carbocycles. The van der Waals surface area contributed by atoms with Crippen LogP contribution in [0.15, 0.2) is 70.5 Å². The van der Waals surface area contributed by atoms with Crippen LogP contribution in [0.5, 0.6) is 0 Å². The van der Waals surface area contributed by atoms with Crippen LogP contribution in [0.4, 0.5) is 0 Å². The van der Waals surface area contributed by atoms with E-state index in [1.54, 1.807) is 48.5 Å². The maximum Gasteiger partial charge on any atom is 0.205 e. The zero-order valence-corrected chi connectivity index (χ0v) is 13.5. The van der Waals surface area contributed by atoms with E-state index >= 15 is 0 Å². The van der Waals surface area contributed by atoms with E-state index in [2.05, 4.69) is 0 Å². The Balaban J connectivity index is 2.04. The summed E-state index contributed by atoms with van der Waals surface area (Å²) >= 11 is 0. The number of rotatable bonds is 5. The van der Waals surface area contributed by atoms with Crippen molar-refractivity contribution in [3.63, 3.8) is 0 Å². The molecular weight excluding hydrogens is 312 g/mol. The summed E-state index contributed by atoms with van der Waals surface area (Å²) in [5.74, 6) is 0. The Hall–Kier alpha value is -1.95.